The summed E-state index contributed by atoms with van der Waals surface area (Å²) in [6, 6.07) is 5.31. The number of carbonyl (C=O) groups is 1. The molecule has 0 N–H and O–H groups in total. The lowest BCUT2D eigenvalue weighted by molar-refractivity contribution is -0.0354. The molecule has 5 heteroatoms. The molecule has 1 saturated heterocycles. The average Bonchev–Trinajstić information content (AvgIpc) is 2.70. The highest BCUT2D eigenvalue weighted by Crippen LogP contribution is 2.41. The van der Waals surface area contributed by atoms with Crippen molar-refractivity contribution in [2.45, 2.75) is 45.0 Å². The van der Waals surface area contributed by atoms with Gasteiger partial charge < -0.3 is 4.74 Å². The second-order valence-corrected chi connectivity index (χ2v) is 6.01. The molecule has 0 aliphatic carbocycles. The van der Waals surface area contributed by atoms with Crippen LogP contribution in [0, 0.1) is 5.82 Å². The lowest BCUT2D eigenvalue weighted by Gasteiger charge is -2.33. The van der Waals surface area contributed by atoms with Gasteiger partial charge in [-0.2, -0.15) is 0 Å². The van der Waals surface area contributed by atoms with E-state index in [1.165, 1.54) is 18.2 Å². The van der Waals surface area contributed by atoms with Crippen molar-refractivity contribution in [3.05, 3.63) is 35.6 Å². The van der Waals surface area contributed by atoms with Crippen molar-refractivity contribution in [2.24, 2.45) is 0 Å². The Hall–Kier alpha value is -1.65. The van der Waals surface area contributed by atoms with Crippen LogP contribution in [0.4, 0.5) is 13.6 Å². The van der Waals surface area contributed by atoms with Crippen LogP contribution in [0.1, 0.15) is 39.2 Å². The number of alkyl halides is 1. The first-order valence-corrected chi connectivity index (χ1v) is 6.68. The fourth-order valence-electron chi connectivity index (χ4n) is 2.36. The maximum atomic E-state index is 15.2. The van der Waals surface area contributed by atoms with E-state index in [2.05, 4.69) is 0 Å². The molecule has 0 spiro atoms. The minimum absolute atomic E-state index is 0.149. The highest BCUT2D eigenvalue weighted by Gasteiger charge is 2.47. The fourth-order valence-corrected chi connectivity index (χ4v) is 2.36. The Morgan fingerprint density at radius 2 is 2.10 bits per heavy atom. The summed E-state index contributed by atoms with van der Waals surface area (Å²) in [6.45, 7) is 5.44. The van der Waals surface area contributed by atoms with Crippen molar-refractivity contribution in [2.75, 3.05) is 6.54 Å². The molecule has 2 rings (SSSR count). The molecule has 1 aromatic rings. The zero-order valence-corrected chi connectivity index (χ0v) is 12.0. The van der Waals surface area contributed by atoms with Crippen molar-refractivity contribution >= 4 is 6.09 Å². The smallest absolute Gasteiger partial charge is 0.413 e. The van der Waals surface area contributed by atoms with Gasteiger partial charge in [0.15, 0.2) is 0 Å². The molecular formula is C15H19F2NO2. The summed E-state index contributed by atoms with van der Waals surface area (Å²) in [5.74, 6) is -2.51. The summed E-state index contributed by atoms with van der Waals surface area (Å²) >= 11 is 0. The van der Waals surface area contributed by atoms with Crippen LogP contribution < -0.4 is 0 Å². The Morgan fingerprint density at radius 1 is 1.40 bits per heavy atom. The molecule has 0 bridgehead atoms. The van der Waals surface area contributed by atoms with Gasteiger partial charge in [-0.3, -0.25) is 4.90 Å². The zero-order valence-electron chi connectivity index (χ0n) is 12.0. The number of hydrogen-bond acceptors (Lipinski definition) is 2. The predicted octanol–water partition coefficient (Wildman–Crippen LogP) is 3.98. The van der Waals surface area contributed by atoms with Gasteiger partial charge in [-0.05, 0) is 39.3 Å². The number of halogens is 2. The average molecular weight is 283 g/mol. The second-order valence-electron chi connectivity index (χ2n) is 6.01. The fraction of sp³-hybridized carbons (Fsp3) is 0.533. The first-order chi connectivity index (χ1) is 9.22. The van der Waals surface area contributed by atoms with Crippen LogP contribution in [0.2, 0.25) is 0 Å². The predicted molar refractivity (Wildman–Crippen MR) is 71.4 cm³/mol. The Morgan fingerprint density at radius 3 is 2.70 bits per heavy atom. The minimum Gasteiger partial charge on any atom is -0.444 e. The highest BCUT2D eigenvalue weighted by atomic mass is 19.1. The summed E-state index contributed by atoms with van der Waals surface area (Å²) in [5, 5.41) is 0. The molecule has 0 aromatic heterocycles. The summed E-state index contributed by atoms with van der Waals surface area (Å²) in [6.07, 6.45) is -0.0381. The van der Waals surface area contributed by atoms with Gasteiger partial charge in [-0.1, -0.05) is 12.1 Å². The van der Waals surface area contributed by atoms with Crippen LogP contribution in [0.3, 0.4) is 0 Å². The molecule has 1 aliphatic heterocycles. The molecule has 1 unspecified atom stereocenters. The van der Waals surface area contributed by atoms with Crippen LogP contribution in [0.25, 0.3) is 0 Å². The second kappa shape index (κ2) is 5.04. The van der Waals surface area contributed by atoms with Crippen LogP contribution in [-0.4, -0.2) is 23.1 Å². The molecule has 1 amide bonds. The largest absolute Gasteiger partial charge is 0.444 e. The molecule has 0 radical (unpaired) electrons. The number of ether oxygens (including phenoxy) is 1. The van der Waals surface area contributed by atoms with Crippen molar-refractivity contribution in [3.8, 4) is 0 Å². The first kappa shape index (κ1) is 14.8. The Bertz CT molecular complexity index is 513. The molecule has 3 nitrogen and oxygen atoms in total. The number of nitrogens with zero attached hydrogens (tertiary/aromatic N) is 1. The lowest BCUT2D eigenvalue weighted by atomic mass is 10.0. The van der Waals surface area contributed by atoms with E-state index in [4.69, 9.17) is 4.74 Å². The van der Waals surface area contributed by atoms with Gasteiger partial charge >= 0.3 is 6.09 Å². The molecule has 0 saturated carbocycles. The standard InChI is InChI=1S/C15H19F2NO2/c1-14(2,3)20-13(19)18-9-5-8-15(18,17)11-6-4-7-12(16)10-11/h4,6-7,10H,5,8-9H2,1-3H3. The van der Waals surface area contributed by atoms with Gasteiger partial charge in [0.1, 0.15) is 11.4 Å². The monoisotopic (exact) mass is 283 g/mol. The van der Waals surface area contributed by atoms with Crippen LogP contribution in [0.5, 0.6) is 0 Å². The molecule has 20 heavy (non-hydrogen) atoms. The van der Waals surface area contributed by atoms with Gasteiger partial charge in [0.25, 0.3) is 0 Å². The third-order valence-electron chi connectivity index (χ3n) is 3.20. The molecule has 110 valence electrons. The van der Waals surface area contributed by atoms with E-state index in [0.29, 0.717) is 6.42 Å². The molecular weight excluding hydrogens is 264 g/mol. The number of carbonyl (C=O) groups excluding carboxylic acids is 1. The number of likely N-dealkylation sites (tertiary alicyclic amines) is 1. The number of benzene rings is 1. The Labute approximate surface area is 117 Å². The van der Waals surface area contributed by atoms with E-state index in [0.717, 1.165) is 11.0 Å². The van der Waals surface area contributed by atoms with E-state index in [1.54, 1.807) is 20.8 Å². The maximum absolute atomic E-state index is 15.2. The summed E-state index contributed by atoms with van der Waals surface area (Å²) in [7, 11) is 0. The van der Waals surface area contributed by atoms with Gasteiger partial charge in [0, 0.05) is 18.5 Å². The van der Waals surface area contributed by atoms with E-state index in [-0.39, 0.29) is 18.5 Å². The van der Waals surface area contributed by atoms with E-state index in [1.807, 2.05) is 0 Å². The van der Waals surface area contributed by atoms with Gasteiger partial charge in [-0.25, -0.2) is 13.6 Å². The molecule has 1 fully saturated rings. The SMILES string of the molecule is CC(C)(C)OC(=O)N1CCCC1(F)c1cccc(F)c1. The quantitative estimate of drug-likeness (QED) is 0.730. The zero-order chi connectivity index (χ0) is 15.0. The van der Waals surface area contributed by atoms with Crippen molar-refractivity contribution in [3.63, 3.8) is 0 Å². The molecule has 1 atom stereocenters. The maximum Gasteiger partial charge on any atom is 0.413 e. The third-order valence-corrected chi connectivity index (χ3v) is 3.20. The van der Waals surface area contributed by atoms with Crippen LogP contribution in [0.15, 0.2) is 24.3 Å². The third kappa shape index (κ3) is 2.92. The number of amides is 1. The van der Waals surface area contributed by atoms with Crippen molar-refractivity contribution in [1.29, 1.82) is 0 Å². The topological polar surface area (TPSA) is 29.5 Å². The first-order valence-electron chi connectivity index (χ1n) is 6.68. The number of rotatable bonds is 1. The normalized spacial score (nSPS) is 22.9. The Balaban J connectivity index is 2.28. The highest BCUT2D eigenvalue weighted by molar-refractivity contribution is 5.69. The van der Waals surface area contributed by atoms with Crippen LogP contribution >= 0.6 is 0 Å². The van der Waals surface area contributed by atoms with Crippen LogP contribution in [-0.2, 0) is 10.5 Å². The minimum atomic E-state index is -2.00. The van der Waals surface area contributed by atoms with Crippen molar-refractivity contribution < 1.29 is 18.3 Å². The molecule has 1 aromatic carbocycles. The lowest BCUT2D eigenvalue weighted by Crippen LogP contribution is -2.44. The van der Waals surface area contributed by atoms with Gasteiger partial charge in [-0.15, -0.1) is 0 Å². The van der Waals surface area contributed by atoms with Crippen molar-refractivity contribution in [1.82, 2.24) is 4.90 Å². The van der Waals surface area contributed by atoms with Gasteiger partial charge in [0.2, 0.25) is 5.79 Å². The molecule has 1 aliphatic rings. The molecule has 1 heterocycles. The summed E-state index contributed by atoms with van der Waals surface area (Å²) < 4.78 is 33.7. The number of hydrogen-bond donors (Lipinski definition) is 0. The van der Waals surface area contributed by atoms with Gasteiger partial charge in [0.05, 0.1) is 0 Å². The Kier molecular flexibility index (Phi) is 3.71. The summed E-state index contributed by atoms with van der Waals surface area (Å²) in [4.78, 5) is 13.2. The summed E-state index contributed by atoms with van der Waals surface area (Å²) in [5.41, 5.74) is -0.538. The van der Waals surface area contributed by atoms with E-state index >= 15 is 4.39 Å². The van der Waals surface area contributed by atoms with E-state index < -0.39 is 23.3 Å². The van der Waals surface area contributed by atoms with E-state index in [9.17, 15) is 9.18 Å².